The smallest absolute Gasteiger partial charge is 0.0273 e. The van der Waals surface area contributed by atoms with Crippen LogP contribution >= 0.6 is 0 Å². The van der Waals surface area contributed by atoms with E-state index in [1.165, 1.54) is 27.8 Å². The Labute approximate surface area is 119 Å². The van der Waals surface area contributed by atoms with Crippen LogP contribution in [0.25, 0.3) is 16.7 Å². The average molecular weight is 260 g/mol. The lowest BCUT2D eigenvalue weighted by Crippen LogP contribution is -1.88. The standard InChI is InChI=1S/C18H16N2/c1-14-11-17(15-3-2-7-19-8-4-15)13-18(12-14)16-5-9-20-10-6-16/h2,4-13H,3H2,1H3. The van der Waals surface area contributed by atoms with Gasteiger partial charge in [0, 0.05) is 24.8 Å². The van der Waals surface area contributed by atoms with Gasteiger partial charge < -0.3 is 0 Å². The lowest BCUT2D eigenvalue weighted by atomic mass is 9.95. The van der Waals surface area contributed by atoms with Crippen molar-refractivity contribution in [2.45, 2.75) is 13.3 Å². The lowest BCUT2D eigenvalue weighted by molar-refractivity contribution is 1.32. The summed E-state index contributed by atoms with van der Waals surface area (Å²) in [7, 11) is 0. The van der Waals surface area contributed by atoms with Crippen molar-refractivity contribution in [1.29, 1.82) is 0 Å². The van der Waals surface area contributed by atoms with E-state index in [9.17, 15) is 0 Å². The van der Waals surface area contributed by atoms with Gasteiger partial charge in [0.15, 0.2) is 0 Å². The minimum atomic E-state index is 0.916. The number of rotatable bonds is 2. The Hall–Kier alpha value is -2.48. The molecule has 1 aromatic heterocycles. The van der Waals surface area contributed by atoms with Crippen molar-refractivity contribution in [1.82, 2.24) is 4.98 Å². The Morgan fingerprint density at radius 1 is 0.950 bits per heavy atom. The average Bonchev–Trinajstić information content (AvgIpc) is 2.77. The highest BCUT2D eigenvalue weighted by atomic mass is 14.7. The minimum Gasteiger partial charge on any atom is -0.265 e. The molecule has 1 aliphatic rings. The van der Waals surface area contributed by atoms with Gasteiger partial charge in [0.2, 0.25) is 0 Å². The van der Waals surface area contributed by atoms with Crippen LogP contribution in [-0.2, 0) is 0 Å². The van der Waals surface area contributed by atoms with E-state index in [2.05, 4.69) is 47.3 Å². The Balaban J connectivity index is 2.05. The summed E-state index contributed by atoms with van der Waals surface area (Å²) in [5, 5.41) is 0. The molecule has 0 saturated heterocycles. The van der Waals surface area contributed by atoms with E-state index in [1.807, 2.05) is 36.9 Å². The molecule has 0 spiro atoms. The van der Waals surface area contributed by atoms with E-state index in [1.54, 1.807) is 0 Å². The fourth-order valence-corrected chi connectivity index (χ4v) is 2.38. The van der Waals surface area contributed by atoms with Gasteiger partial charge in [-0.3, -0.25) is 9.98 Å². The summed E-state index contributed by atoms with van der Waals surface area (Å²) in [5.41, 5.74) is 6.24. The van der Waals surface area contributed by atoms with Crippen molar-refractivity contribution in [2.75, 3.05) is 0 Å². The molecule has 2 nitrogen and oxygen atoms in total. The SMILES string of the molecule is Cc1cc(C2=CC=NC=CC2)cc(-c2ccncc2)c1. The van der Waals surface area contributed by atoms with E-state index in [-0.39, 0.29) is 0 Å². The molecule has 0 radical (unpaired) electrons. The highest BCUT2D eigenvalue weighted by Crippen LogP contribution is 2.27. The van der Waals surface area contributed by atoms with Crippen molar-refractivity contribution >= 4 is 11.8 Å². The second kappa shape index (κ2) is 5.66. The summed E-state index contributed by atoms with van der Waals surface area (Å²) in [6.07, 6.45) is 12.5. The van der Waals surface area contributed by atoms with Gasteiger partial charge in [-0.25, -0.2) is 0 Å². The first kappa shape index (κ1) is 12.5. The number of aryl methyl sites for hydroxylation is 1. The quantitative estimate of drug-likeness (QED) is 0.784. The highest BCUT2D eigenvalue weighted by molar-refractivity contribution is 5.87. The molecule has 3 rings (SSSR count). The van der Waals surface area contributed by atoms with Gasteiger partial charge in [0.05, 0.1) is 0 Å². The predicted molar refractivity (Wildman–Crippen MR) is 84.6 cm³/mol. The molecule has 1 aromatic carbocycles. The zero-order valence-electron chi connectivity index (χ0n) is 11.5. The van der Waals surface area contributed by atoms with Gasteiger partial charge >= 0.3 is 0 Å². The third kappa shape index (κ3) is 2.75. The maximum Gasteiger partial charge on any atom is 0.0273 e. The number of pyridine rings is 1. The molecule has 0 aliphatic carbocycles. The van der Waals surface area contributed by atoms with Gasteiger partial charge in [0.25, 0.3) is 0 Å². The zero-order valence-corrected chi connectivity index (χ0v) is 11.5. The molecule has 0 unspecified atom stereocenters. The number of nitrogens with zero attached hydrogens (tertiary/aromatic N) is 2. The number of benzene rings is 1. The summed E-state index contributed by atoms with van der Waals surface area (Å²) in [6, 6.07) is 10.8. The molecular formula is C18H16N2. The van der Waals surface area contributed by atoms with Crippen molar-refractivity contribution in [3.05, 3.63) is 72.2 Å². The second-order valence-corrected chi connectivity index (χ2v) is 4.90. The maximum atomic E-state index is 4.16. The van der Waals surface area contributed by atoms with Crippen molar-refractivity contribution < 1.29 is 0 Å². The molecule has 2 heteroatoms. The summed E-state index contributed by atoms with van der Waals surface area (Å²) in [6.45, 7) is 2.13. The monoisotopic (exact) mass is 260 g/mol. The second-order valence-electron chi connectivity index (χ2n) is 4.90. The molecule has 0 bridgehead atoms. The highest BCUT2D eigenvalue weighted by Gasteiger charge is 2.05. The van der Waals surface area contributed by atoms with Crippen LogP contribution in [0.1, 0.15) is 17.5 Å². The summed E-state index contributed by atoms with van der Waals surface area (Å²) in [5.74, 6) is 0. The van der Waals surface area contributed by atoms with Gasteiger partial charge in [-0.05, 0) is 65.4 Å². The van der Waals surface area contributed by atoms with Crippen LogP contribution < -0.4 is 0 Å². The third-order valence-corrected chi connectivity index (χ3v) is 3.35. The molecule has 98 valence electrons. The third-order valence-electron chi connectivity index (χ3n) is 3.35. The Bertz CT molecular complexity index is 695. The van der Waals surface area contributed by atoms with Crippen molar-refractivity contribution in [3.63, 3.8) is 0 Å². The number of hydrogen-bond donors (Lipinski definition) is 0. The normalized spacial score (nSPS) is 13.9. The van der Waals surface area contributed by atoms with E-state index < -0.39 is 0 Å². The molecule has 0 amide bonds. The topological polar surface area (TPSA) is 25.2 Å². The van der Waals surface area contributed by atoms with Crippen LogP contribution in [0.4, 0.5) is 0 Å². The van der Waals surface area contributed by atoms with E-state index >= 15 is 0 Å². The van der Waals surface area contributed by atoms with Crippen LogP contribution in [0, 0.1) is 6.92 Å². The molecule has 0 saturated carbocycles. The number of hydrogen-bond acceptors (Lipinski definition) is 2. The number of allylic oxidation sites excluding steroid dienone is 3. The van der Waals surface area contributed by atoms with Crippen LogP contribution in [0.2, 0.25) is 0 Å². The Morgan fingerprint density at radius 3 is 2.60 bits per heavy atom. The fourth-order valence-electron chi connectivity index (χ4n) is 2.38. The molecule has 1 aliphatic heterocycles. The van der Waals surface area contributed by atoms with Gasteiger partial charge in [0.1, 0.15) is 0 Å². The molecular weight excluding hydrogens is 244 g/mol. The van der Waals surface area contributed by atoms with Gasteiger partial charge in [-0.15, -0.1) is 0 Å². The van der Waals surface area contributed by atoms with E-state index in [4.69, 9.17) is 0 Å². The van der Waals surface area contributed by atoms with Gasteiger partial charge in [-0.1, -0.05) is 18.2 Å². The lowest BCUT2D eigenvalue weighted by Gasteiger charge is -2.09. The van der Waals surface area contributed by atoms with Crippen LogP contribution in [0.3, 0.4) is 0 Å². The van der Waals surface area contributed by atoms with Crippen LogP contribution in [-0.4, -0.2) is 11.2 Å². The first-order valence-corrected chi connectivity index (χ1v) is 6.73. The van der Waals surface area contributed by atoms with E-state index in [0.717, 1.165) is 6.42 Å². The molecule has 0 fully saturated rings. The van der Waals surface area contributed by atoms with Gasteiger partial charge in [-0.2, -0.15) is 0 Å². The first-order valence-electron chi connectivity index (χ1n) is 6.73. The molecule has 2 heterocycles. The minimum absolute atomic E-state index is 0.916. The molecule has 20 heavy (non-hydrogen) atoms. The Kier molecular flexibility index (Phi) is 3.55. The maximum absolute atomic E-state index is 4.16. The predicted octanol–water partition coefficient (Wildman–Crippen LogP) is 4.43. The first-order chi connectivity index (χ1) is 9.83. The number of aliphatic imine (C=N–C) groups is 1. The van der Waals surface area contributed by atoms with E-state index in [0.29, 0.717) is 0 Å². The zero-order chi connectivity index (χ0) is 13.8. The van der Waals surface area contributed by atoms with Crippen molar-refractivity contribution in [2.24, 2.45) is 4.99 Å². The van der Waals surface area contributed by atoms with Crippen LogP contribution in [0.5, 0.6) is 0 Å². The van der Waals surface area contributed by atoms with Crippen LogP contribution in [0.15, 0.2) is 66.1 Å². The summed E-state index contributed by atoms with van der Waals surface area (Å²) in [4.78, 5) is 8.24. The largest absolute Gasteiger partial charge is 0.265 e. The fraction of sp³-hybridized carbons (Fsp3) is 0.111. The molecule has 0 N–H and O–H groups in total. The van der Waals surface area contributed by atoms with Crippen molar-refractivity contribution in [3.8, 4) is 11.1 Å². The summed E-state index contributed by atoms with van der Waals surface area (Å²) < 4.78 is 0. The summed E-state index contributed by atoms with van der Waals surface area (Å²) >= 11 is 0. The molecule has 0 atom stereocenters. The Morgan fingerprint density at radius 2 is 1.75 bits per heavy atom. The number of aromatic nitrogens is 1. The molecule has 2 aromatic rings.